The van der Waals surface area contributed by atoms with E-state index in [4.69, 9.17) is 11.5 Å². The number of rotatable bonds is 11. The highest BCUT2D eigenvalue weighted by Gasteiger charge is 2.27. The summed E-state index contributed by atoms with van der Waals surface area (Å²) in [6.45, 7) is 1.99. The Morgan fingerprint density at radius 1 is 1.04 bits per heavy atom. The molecule has 144 valence electrons. The molecule has 0 saturated heterocycles. The SMILES string of the molecule is C[C@@H](N)C(=O)N[C@H](CCCCN)C(=O)N[C@@H](Cc1ccccc1)C(=O)O. The van der Waals surface area contributed by atoms with Gasteiger partial charge in [0.05, 0.1) is 6.04 Å². The number of hydrogen-bond acceptors (Lipinski definition) is 5. The van der Waals surface area contributed by atoms with Crippen LogP contribution < -0.4 is 22.1 Å². The van der Waals surface area contributed by atoms with Crippen LogP contribution in [-0.2, 0) is 20.8 Å². The van der Waals surface area contributed by atoms with Crippen molar-refractivity contribution < 1.29 is 19.5 Å². The van der Waals surface area contributed by atoms with Crippen LogP contribution in [0.2, 0.25) is 0 Å². The van der Waals surface area contributed by atoms with Gasteiger partial charge in [-0.2, -0.15) is 0 Å². The van der Waals surface area contributed by atoms with Crippen LogP contribution in [0.4, 0.5) is 0 Å². The molecular formula is C18H28N4O4. The number of unbranched alkanes of at least 4 members (excludes halogenated alkanes) is 1. The lowest BCUT2D eigenvalue weighted by Crippen LogP contribution is -2.54. The molecule has 0 aromatic heterocycles. The number of nitrogens with one attached hydrogen (secondary N) is 2. The van der Waals surface area contributed by atoms with Gasteiger partial charge in [0.2, 0.25) is 11.8 Å². The second-order valence-corrected chi connectivity index (χ2v) is 6.22. The Morgan fingerprint density at radius 2 is 1.65 bits per heavy atom. The molecule has 7 N–H and O–H groups in total. The summed E-state index contributed by atoms with van der Waals surface area (Å²) < 4.78 is 0. The predicted molar refractivity (Wildman–Crippen MR) is 98.2 cm³/mol. The van der Waals surface area contributed by atoms with Crippen molar-refractivity contribution in [1.82, 2.24) is 10.6 Å². The molecular weight excluding hydrogens is 336 g/mol. The molecule has 2 amide bonds. The minimum Gasteiger partial charge on any atom is -0.480 e. The Labute approximate surface area is 153 Å². The van der Waals surface area contributed by atoms with Crippen LogP contribution in [0.5, 0.6) is 0 Å². The van der Waals surface area contributed by atoms with Gasteiger partial charge in [0.25, 0.3) is 0 Å². The molecule has 0 bridgehead atoms. The van der Waals surface area contributed by atoms with Crippen molar-refractivity contribution in [3.05, 3.63) is 35.9 Å². The maximum atomic E-state index is 12.5. The first-order chi connectivity index (χ1) is 12.3. The number of nitrogens with two attached hydrogens (primary N) is 2. The third kappa shape index (κ3) is 7.62. The second kappa shape index (κ2) is 11.2. The third-order valence-corrected chi connectivity index (χ3v) is 3.89. The molecule has 0 aliphatic heterocycles. The summed E-state index contributed by atoms with van der Waals surface area (Å²) in [5.41, 5.74) is 11.8. The van der Waals surface area contributed by atoms with Gasteiger partial charge in [0, 0.05) is 6.42 Å². The molecule has 0 aliphatic carbocycles. The van der Waals surface area contributed by atoms with E-state index in [1.165, 1.54) is 6.92 Å². The van der Waals surface area contributed by atoms with Crippen molar-refractivity contribution in [2.24, 2.45) is 11.5 Å². The van der Waals surface area contributed by atoms with E-state index in [0.717, 1.165) is 5.56 Å². The number of hydrogen-bond donors (Lipinski definition) is 5. The van der Waals surface area contributed by atoms with Crippen molar-refractivity contribution >= 4 is 17.8 Å². The zero-order chi connectivity index (χ0) is 19.5. The second-order valence-electron chi connectivity index (χ2n) is 6.22. The summed E-state index contributed by atoms with van der Waals surface area (Å²) in [6.07, 6.45) is 1.84. The first kappa shape index (κ1) is 21.6. The van der Waals surface area contributed by atoms with Gasteiger partial charge >= 0.3 is 5.97 Å². The highest BCUT2D eigenvalue weighted by molar-refractivity contribution is 5.91. The van der Waals surface area contributed by atoms with E-state index in [2.05, 4.69) is 10.6 Å². The Bertz CT molecular complexity index is 592. The normalized spacial score (nSPS) is 14.1. The first-order valence-electron chi connectivity index (χ1n) is 8.68. The summed E-state index contributed by atoms with van der Waals surface area (Å²) in [7, 11) is 0. The van der Waals surface area contributed by atoms with Crippen LogP contribution in [0.25, 0.3) is 0 Å². The van der Waals surface area contributed by atoms with Crippen molar-refractivity contribution in [1.29, 1.82) is 0 Å². The lowest BCUT2D eigenvalue weighted by Gasteiger charge is -2.22. The van der Waals surface area contributed by atoms with Gasteiger partial charge in [-0.25, -0.2) is 4.79 Å². The van der Waals surface area contributed by atoms with Crippen LogP contribution in [0.15, 0.2) is 30.3 Å². The number of carbonyl (C=O) groups excluding carboxylic acids is 2. The molecule has 0 radical (unpaired) electrons. The molecule has 26 heavy (non-hydrogen) atoms. The predicted octanol–water partition coefficient (Wildman–Crippen LogP) is -0.240. The van der Waals surface area contributed by atoms with E-state index in [9.17, 15) is 19.5 Å². The number of aliphatic carboxylic acids is 1. The minimum atomic E-state index is -1.14. The van der Waals surface area contributed by atoms with E-state index < -0.39 is 35.9 Å². The molecule has 0 heterocycles. The van der Waals surface area contributed by atoms with Gasteiger partial charge in [-0.3, -0.25) is 9.59 Å². The number of carbonyl (C=O) groups is 3. The Morgan fingerprint density at radius 3 is 2.19 bits per heavy atom. The Hall–Kier alpha value is -2.45. The topological polar surface area (TPSA) is 148 Å². The van der Waals surface area contributed by atoms with Gasteiger partial charge in [-0.1, -0.05) is 30.3 Å². The van der Waals surface area contributed by atoms with Crippen molar-refractivity contribution in [3.8, 4) is 0 Å². The molecule has 0 fully saturated rings. The summed E-state index contributed by atoms with van der Waals surface area (Å²) in [6, 6.07) is 6.31. The maximum absolute atomic E-state index is 12.5. The summed E-state index contributed by atoms with van der Waals surface area (Å²) >= 11 is 0. The fourth-order valence-corrected chi connectivity index (χ4v) is 2.39. The van der Waals surface area contributed by atoms with Crippen molar-refractivity contribution in [3.63, 3.8) is 0 Å². The van der Waals surface area contributed by atoms with Gasteiger partial charge in [-0.15, -0.1) is 0 Å². The monoisotopic (exact) mass is 364 g/mol. The van der Waals surface area contributed by atoms with Crippen LogP contribution in [0.1, 0.15) is 31.7 Å². The first-order valence-corrected chi connectivity index (χ1v) is 8.68. The highest BCUT2D eigenvalue weighted by atomic mass is 16.4. The quantitative estimate of drug-likeness (QED) is 0.342. The molecule has 8 heteroatoms. The number of benzene rings is 1. The Kier molecular flexibility index (Phi) is 9.32. The van der Waals surface area contributed by atoms with Gasteiger partial charge in [0.1, 0.15) is 12.1 Å². The minimum absolute atomic E-state index is 0.151. The third-order valence-electron chi connectivity index (χ3n) is 3.89. The zero-order valence-electron chi connectivity index (χ0n) is 15.0. The van der Waals surface area contributed by atoms with E-state index >= 15 is 0 Å². The molecule has 0 spiro atoms. The summed E-state index contributed by atoms with van der Waals surface area (Å²) in [5, 5.41) is 14.5. The largest absolute Gasteiger partial charge is 0.480 e. The zero-order valence-corrected chi connectivity index (χ0v) is 15.0. The fraction of sp³-hybridized carbons (Fsp3) is 0.500. The summed E-state index contributed by atoms with van der Waals surface area (Å²) in [5.74, 6) is -2.14. The van der Waals surface area contributed by atoms with E-state index in [1.807, 2.05) is 6.07 Å². The van der Waals surface area contributed by atoms with Crippen LogP contribution in [0.3, 0.4) is 0 Å². The average Bonchev–Trinajstić information content (AvgIpc) is 2.60. The van der Waals surface area contributed by atoms with E-state index in [-0.39, 0.29) is 6.42 Å². The summed E-state index contributed by atoms with van der Waals surface area (Å²) in [4.78, 5) is 35.9. The molecule has 0 saturated carbocycles. The molecule has 0 aliphatic rings. The molecule has 8 nitrogen and oxygen atoms in total. The molecule has 1 aromatic carbocycles. The van der Waals surface area contributed by atoms with Crippen LogP contribution in [0, 0.1) is 0 Å². The van der Waals surface area contributed by atoms with Gasteiger partial charge < -0.3 is 27.2 Å². The maximum Gasteiger partial charge on any atom is 0.326 e. The lowest BCUT2D eigenvalue weighted by molar-refractivity contribution is -0.142. The molecule has 1 aromatic rings. The van der Waals surface area contributed by atoms with Crippen LogP contribution >= 0.6 is 0 Å². The standard InChI is InChI=1S/C18H28N4O4/c1-12(20)16(23)21-14(9-5-6-10-19)17(24)22-15(18(25)26)11-13-7-3-2-4-8-13/h2-4,7-8,12,14-15H,5-6,9-11,19-20H2,1H3,(H,21,23)(H,22,24)(H,25,26)/t12-,14-,15+/m1/s1. The lowest BCUT2D eigenvalue weighted by atomic mass is 10.0. The number of carboxylic acid groups (broad SMARTS) is 1. The van der Waals surface area contributed by atoms with E-state index in [0.29, 0.717) is 25.8 Å². The Balaban J connectivity index is 2.78. The fourth-order valence-electron chi connectivity index (χ4n) is 2.39. The number of carboxylic acids is 1. The van der Waals surface area contributed by atoms with E-state index in [1.54, 1.807) is 24.3 Å². The molecule has 1 rings (SSSR count). The van der Waals surface area contributed by atoms with Crippen molar-refractivity contribution in [2.45, 2.75) is 50.7 Å². The van der Waals surface area contributed by atoms with Crippen molar-refractivity contribution in [2.75, 3.05) is 6.54 Å². The average molecular weight is 364 g/mol. The van der Waals surface area contributed by atoms with Crippen LogP contribution in [-0.4, -0.2) is 47.6 Å². The molecule has 3 atom stereocenters. The number of amides is 2. The van der Waals surface area contributed by atoms with Gasteiger partial charge in [-0.05, 0) is 38.3 Å². The highest BCUT2D eigenvalue weighted by Crippen LogP contribution is 2.06. The smallest absolute Gasteiger partial charge is 0.326 e. The molecule has 0 unspecified atom stereocenters. The van der Waals surface area contributed by atoms with Gasteiger partial charge in [0.15, 0.2) is 0 Å².